The number of carbonyl (C=O) groups excluding carboxylic acids is 1. The molecule has 0 aliphatic carbocycles. The van der Waals surface area contributed by atoms with Crippen LogP contribution in [0.25, 0.3) is 0 Å². The Balaban J connectivity index is 2.80. The monoisotopic (exact) mass is 281 g/mol. The number of nitrogens with one attached hydrogen (secondary N) is 1. The molecule has 2 N–H and O–H groups in total. The first-order valence-electron chi connectivity index (χ1n) is 5.80. The quantitative estimate of drug-likeness (QED) is 0.834. The number of carboxylic acids is 1. The molecule has 1 atom stereocenters. The fourth-order valence-corrected chi connectivity index (χ4v) is 1.60. The van der Waals surface area contributed by atoms with Crippen LogP contribution in [0.4, 0.5) is 0 Å². The number of benzene rings is 1. The summed E-state index contributed by atoms with van der Waals surface area (Å²) in [6, 6.07) is 6.89. The smallest absolute Gasteiger partial charge is 0.331 e. The van der Waals surface area contributed by atoms with Gasteiger partial charge in [0.25, 0.3) is 0 Å². The molecule has 0 saturated carbocycles. The second-order valence-corrected chi connectivity index (χ2v) is 4.74. The van der Waals surface area contributed by atoms with E-state index >= 15 is 0 Å². The lowest BCUT2D eigenvalue weighted by Gasteiger charge is -2.15. The van der Waals surface area contributed by atoms with Crippen LogP contribution in [-0.2, 0) is 9.59 Å². The zero-order valence-corrected chi connectivity index (χ0v) is 11.8. The fraction of sp³-hybridized carbons (Fsp3) is 0.286. The Morgan fingerprint density at radius 2 is 1.68 bits per heavy atom. The van der Waals surface area contributed by atoms with E-state index in [9.17, 15) is 9.59 Å². The molecule has 1 amide bonds. The SMILES string of the molecule is C/C(C(=O)O)=C(\C)C(=O)N[C@@H](C)c1ccc(Cl)cc1. The zero-order chi connectivity index (χ0) is 14.6. The van der Waals surface area contributed by atoms with Crippen molar-refractivity contribution in [2.45, 2.75) is 26.8 Å². The van der Waals surface area contributed by atoms with Crippen LogP contribution < -0.4 is 5.32 Å². The molecule has 102 valence electrons. The van der Waals surface area contributed by atoms with Gasteiger partial charge in [0.1, 0.15) is 0 Å². The number of rotatable bonds is 4. The van der Waals surface area contributed by atoms with Gasteiger partial charge in [-0.1, -0.05) is 23.7 Å². The van der Waals surface area contributed by atoms with Crippen LogP contribution in [-0.4, -0.2) is 17.0 Å². The van der Waals surface area contributed by atoms with E-state index in [4.69, 9.17) is 16.7 Å². The van der Waals surface area contributed by atoms with E-state index in [0.717, 1.165) is 5.56 Å². The van der Waals surface area contributed by atoms with Crippen molar-refractivity contribution in [2.75, 3.05) is 0 Å². The number of hydrogen-bond donors (Lipinski definition) is 2. The highest BCUT2D eigenvalue weighted by molar-refractivity contribution is 6.30. The lowest BCUT2D eigenvalue weighted by Crippen LogP contribution is -2.28. The van der Waals surface area contributed by atoms with Crippen molar-refractivity contribution in [1.82, 2.24) is 5.32 Å². The van der Waals surface area contributed by atoms with Crippen LogP contribution in [0.3, 0.4) is 0 Å². The average molecular weight is 282 g/mol. The van der Waals surface area contributed by atoms with E-state index in [0.29, 0.717) is 5.02 Å². The molecule has 0 heterocycles. The highest BCUT2D eigenvalue weighted by atomic mass is 35.5. The second kappa shape index (κ2) is 6.38. The molecule has 0 spiro atoms. The molecule has 0 saturated heterocycles. The Bertz CT molecular complexity index is 520. The molecule has 19 heavy (non-hydrogen) atoms. The van der Waals surface area contributed by atoms with Gasteiger partial charge in [-0.15, -0.1) is 0 Å². The van der Waals surface area contributed by atoms with E-state index in [2.05, 4.69) is 5.32 Å². The minimum absolute atomic E-state index is 0.0424. The van der Waals surface area contributed by atoms with Crippen LogP contribution in [0.2, 0.25) is 5.02 Å². The van der Waals surface area contributed by atoms with Gasteiger partial charge in [-0.2, -0.15) is 0 Å². The minimum atomic E-state index is -1.09. The summed E-state index contributed by atoms with van der Waals surface area (Å²) >= 11 is 5.79. The molecule has 0 fully saturated rings. The van der Waals surface area contributed by atoms with Gasteiger partial charge in [-0.3, -0.25) is 4.79 Å². The third-order valence-corrected chi connectivity index (χ3v) is 3.19. The molecule has 1 aromatic rings. The van der Waals surface area contributed by atoms with E-state index in [1.54, 1.807) is 12.1 Å². The van der Waals surface area contributed by atoms with Crippen molar-refractivity contribution < 1.29 is 14.7 Å². The minimum Gasteiger partial charge on any atom is -0.478 e. The normalized spacial score (nSPS) is 13.5. The van der Waals surface area contributed by atoms with Gasteiger partial charge in [0.2, 0.25) is 5.91 Å². The number of hydrogen-bond acceptors (Lipinski definition) is 2. The Kier molecular flexibility index (Phi) is 5.12. The highest BCUT2D eigenvalue weighted by Crippen LogP contribution is 2.16. The summed E-state index contributed by atoms with van der Waals surface area (Å²) < 4.78 is 0. The third-order valence-electron chi connectivity index (χ3n) is 2.94. The summed E-state index contributed by atoms with van der Waals surface area (Å²) in [5, 5.41) is 12.2. The zero-order valence-electron chi connectivity index (χ0n) is 11.0. The van der Waals surface area contributed by atoms with Gasteiger partial charge in [0.05, 0.1) is 6.04 Å². The number of carbonyl (C=O) groups is 2. The topological polar surface area (TPSA) is 66.4 Å². The predicted molar refractivity (Wildman–Crippen MR) is 74.0 cm³/mol. The number of carboxylic acid groups (broad SMARTS) is 1. The van der Waals surface area contributed by atoms with Gasteiger partial charge < -0.3 is 10.4 Å². The summed E-state index contributed by atoms with van der Waals surface area (Å²) in [5.41, 5.74) is 1.15. The molecule has 0 aromatic heterocycles. The molecule has 5 heteroatoms. The summed E-state index contributed by atoms with van der Waals surface area (Å²) in [7, 11) is 0. The van der Waals surface area contributed by atoms with Gasteiger partial charge in [0.15, 0.2) is 0 Å². The van der Waals surface area contributed by atoms with Crippen molar-refractivity contribution in [2.24, 2.45) is 0 Å². The Morgan fingerprint density at radius 3 is 2.16 bits per heavy atom. The Labute approximate surface area is 117 Å². The van der Waals surface area contributed by atoms with Crippen molar-refractivity contribution in [3.8, 4) is 0 Å². The lowest BCUT2D eigenvalue weighted by molar-refractivity contribution is -0.133. The first-order chi connectivity index (χ1) is 8.82. The van der Waals surface area contributed by atoms with Gasteiger partial charge >= 0.3 is 5.97 Å². The molecule has 1 aromatic carbocycles. The summed E-state index contributed by atoms with van der Waals surface area (Å²) in [6.07, 6.45) is 0. The number of halogens is 1. The largest absolute Gasteiger partial charge is 0.478 e. The van der Waals surface area contributed by atoms with Crippen LogP contribution in [0.5, 0.6) is 0 Å². The van der Waals surface area contributed by atoms with Crippen LogP contribution >= 0.6 is 11.6 Å². The maximum absolute atomic E-state index is 11.9. The second-order valence-electron chi connectivity index (χ2n) is 4.30. The number of amides is 1. The van der Waals surface area contributed by atoms with Gasteiger partial charge in [-0.05, 0) is 38.5 Å². The first kappa shape index (κ1) is 15.2. The van der Waals surface area contributed by atoms with E-state index < -0.39 is 5.97 Å². The Hall–Kier alpha value is -1.81. The fourth-order valence-electron chi connectivity index (χ4n) is 1.47. The molecule has 0 radical (unpaired) electrons. The summed E-state index contributed by atoms with van der Waals surface area (Å²) in [4.78, 5) is 22.7. The third kappa shape index (κ3) is 4.10. The predicted octanol–water partition coefficient (Wildman–Crippen LogP) is 2.94. The van der Waals surface area contributed by atoms with Crippen LogP contribution in [0, 0.1) is 0 Å². The van der Waals surface area contributed by atoms with Crippen molar-refractivity contribution in [1.29, 1.82) is 0 Å². The molecule has 4 nitrogen and oxygen atoms in total. The molecular weight excluding hydrogens is 266 g/mol. The van der Waals surface area contributed by atoms with Crippen molar-refractivity contribution >= 4 is 23.5 Å². The molecule has 0 bridgehead atoms. The van der Waals surface area contributed by atoms with E-state index in [-0.39, 0.29) is 23.1 Å². The van der Waals surface area contributed by atoms with Gasteiger partial charge in [0, 0.05) is 16.2 Å². The number of aliphatic carboxylic acids is 1. The van der Waals surface area contributed by atoms with E-state index in [1.807, 2.05) is 19.1 Å². The maximum Gasteiger partial charge on any atom is 0.331 e. The standard InChI is InChI=1S/C14H16ClNO3/c1-8(9(2)14(18)19)13(17)16-10(3)11-4-6-12(15)7-5-11/h4-7,10H,1-3H3,(H,16,17)(H,18,19)/b9-8-/t10-/m0/s1. The molecular formula is C14H16ClNO3. The Morgan fingerprint density at radius 1 is 1.16 bits per heavy atom. The molecule has 0 aliphatic rings. The van der Waals surface area contributed by atoms with Crippen LogP contribution in [0.15, 0.2) is 35.4 Å². The van der Waals surface area contributed by atoms with E-state index in [1.165, 1.54) is 13.8 Å². The van der Waals surface area contributed by atoms with Crippen LogP contribution in [0.1, 0.15) is 32.4 Å². The maximum atomic E-state index is 11.9. The lowest BCUT2D eigenvalue weighted by atomic mass is 10.1. The molecule has 1 rings (SSSR count). The summed E-state index contributed by atoms with van der Waals surface area (Å²) in [5.74, 6) is -1.48. The molecule has 0 unspecified atom stereocenters. The highest BCUT2D eigenvalue weighted by Gasteiger charge is 2.15. The molecule has 0 aliphatic heterocycles. The van der Waals surface area contributed by atoms with Crippen molar-refractivity contribution in [3.05, 3.63) is 46.0 Å². The van der Waals surface area contributed by atoms with Crippen molar-refractivity contribution in [3.63, 3.8) is 0 Å². The first-order valence-corrected chi connectivity index (χ1v) is 6.17. The van der Waals surface area contributed by atoms with Gasteiger partial charge in [-0.25, -0.2) is 4.79 Å². The average Bonchev–Trinajstić information content (AvgIpc) is 2.37. The summed E-state index contributed by atoms with van der Waals surface area (Å²) in [6.45, 7) is 4.72.